The zero-order chi connectivity index (χ0) is 18.7. The fraction of sp³-hybridized carbons (Fsp3) is 0.412. The summed E-state index contributed by atoms with van der Waals surface area (Å²) in [6.45, 7) is 7.09. The van der Waals surface area contributed by atoms with E-state index in [9.17, 15) is 13.2 Å². The lowest BCUT2D eigenvalue weighted by molar-refractivity contribution is -0.141. The van der Waals surface area contributed by atoms with Gasteiger partial charge in [0.25, 0.3) is 0 Å². The minimum Gasteiger partial charge on any atom is -0.465 e. The van der Waals surface area contributed by atoms with Gasteiger partial charge in [0.2, 0.25) is 10.0 Å². The molecule has 0 aliphatic heterocycles. The first-order valence-electron chi connectivity index (χ1n) is 7.96. The van der Waals surface area contributed by atoms with Crippen LogP contribution in [0.25, 0.3) is 5.69 Å². The van der Waals surface area contributed by atoms with Gasteiger partial charge in [-0.05, 0) is 19.1 Å². The van der Waals surface area contributed by atoms with Crippen LogP contribution >= 0.6 is 0 Å². The molecule has 0 saturated carbocycles. The molecule has 7 nitrogen and oxygen atoms in total. The van der Waals surface area contributed by atoms with Crippen LogP contribution in [-0.4, -0.2) is 37.3 Å². The van der Waals surface area contributed by atoms with E-state index in [0.29, 0.717) is 5.69 Å². The molecule has 1 N–H and O–H groups in total. The maximum Gasteiger partial charge on any atom is 0.321 e. The lowest BCUT2D eigenvalue weighted by Crippen LogP contribution is -2.32. The lowest BCUT2D eigenvalue weighted by Gasteiger charge is -2.17. The molecule has 0 bridgehead atoms. The first-order valence-corrected chi connectivity index (χ1v) is 9.44. The topological polar surface area (TPSA) is 90.3 Å². The van der Waals surface area contributed by atoms with Gasteiger partial charge >= 0.3 is 5.97 Å². The Morgan fingerprint density at radius 1 is 1.24 bits per heavy atom. The summed E-state index contributed by atoms with van der Waals surface area (Å²) in [6, 6.07) is 9.24. The van der Waals surface area contributed by atoms with Crippen LogP contribution in [0.2, 0.25) is 0 Å². The van der Waals surface area contributed by atoms with Crippen molar-refractivity contribution >= 4 is 16.0 Å². The molecular weight excluding hydrogens is 342 g/mol. The summed E-state index contributed by atoms with van der Waals surface area (Å²) in [5.41, 5.74) is 0.682. The van der Waals surface area contributed by atoms with Crippen LogP contribution in [0.3, 0.4) is 0 Å². The van der Waals surface area contributed by atoms with Crippen molar-refractivity contribution in [3.8, 4) is 5.69 Å². The molecule has 0 amide bonds. The van der Waals surface area contributed by atoms with E-state index in [2.05, 4.69) is 9.82 Å². The predicted molar refractivity (Wildman–Crippen MR) is 94.1 cm³/mol. The summed E-state index contributed by atoms with van der Waals surface area (Å²) in [7, 11) is -3.91. The Balaban J connectivity index is 2.41. The van der Waals surface area contributed by atoms with Crippen molar-refractivity contribution in [2.75, 3.05) is 13.2 Å². The van der Waals surface area contributed by atoms with Crippen LogP contribution in [0.4, 0.5) is 0 Å². The normalized spacial score (nSPS) is 12.2. The first-order chi connectivity index (χ1) is 11.6. The number of sulfonamides is 1. The van der Waals surface area contributed by atoms with E-state index in [1.807, 2.05) is 51.1 Å². The van der Waals surface area contributed by atoms with Crippen molar-refractivity contribution in [1.29, 1.82) is 0 Å². The zero-order valence-corrected chi connectivity index (χ0v) is 15.6. The zero-order valence-electron chi connectivity index (χ0n) is 14.8. The van der Waals surface area contributed by atoms with E-state index in [4.69, 9.17) is 4.74 Å². The number of nitrogens with zero attached hydrogens (tertiary/aromatic N) is 2. The van der Waals surface area contributed by atoms with E-state index in [-0.39, 0.29) is 11.5 Å². The minimum absolute atomic E-state index is 0.0492. The molecule has 0 aliphatic rings. The van der Waals surface area contributed by atoms with Crippen LogP contribution in [0.5, 0.6) is 0 Å². The summed E-state index contributed by atoms with van der Waals surface area (Å²) in [6.07, 6.45) is 1.46. The van der Waals surface area contributed by atoms with E-state index < -0.39 is 28.0 Å². The van der Waals surface area contributed by atoms with Crippen molar-refractivity contribution in [2.45, 2.75) is 38.0 Å². The number of ether oxygens (including phenoxy) is 1. The van der Waals surface area contributed by atoms with Gasteiger partial charge in [0.05, 0.1) is 24.2 Å². The average Bonchev–Trinajstić information content (AvgIpc) is 3.01. The van der Waals surface area contributed by atoms with Crippen LogP contribution in [-0.2, 0) is 25.0 Å². The van der Waals surface area contributed by atoms with Gasteiger partial charge in [0.1, 0.15) is 11.4 Å². The number of carbonyl (C=O) groups is 1. The van der Waals surface area contributed by atoms with Crippen LogP contribution < -0.4 is 4.72 Å². The van der Waals surface area contributed by atoms with Crippen molar-refractivity contribution in [2.24, 2.45) is 0 Å². The Hall–Kier alpha value is -2.19. The van der Waals surface area contributed by atoms with Crippen molar-refractivity contribution in [1.82, 2.24) is 14.5 Å². The molecule has 136 valence electrons. The van der Waals surface area contributed by atoms with Crippen molar-refractivity contribution in [3.63, 3.8) is 0 Å². The Morgan fingerprint density at radius 3 is 2.44 bits per heavy atom. The minimum atomic E-state index is -3.91. The summed E-state index contributed by atoms with van der Waals surface area (Å²) < 4.78 is 33.9. The molecule has 0 saturated heterocycles. The molecule has 8 heteroatoms. The van der Waals surface area contributed by atoms with E-state index in [1.165, 1.54) is 10.9 Å². The summed E-state index contributed by atoms with van der Waals surface area (Å²) in [4.78, 5) is 11.5. The molecule has 1 aromatic heterocycles. The third kappa shape index (κ3) is 4.67. The number of esters is 1. The molecule has 0 aliphatic carbocycles. The second-order valence-electron chi connectivity index (χ2n) is 6.50. The lowest BCUT2D eigenvalue weighted by atomic mass is 9.92. The van der Waals surface area contributed by atoms with Crippen LogP contribution in [0.1, 0.15) is 33.4 Å². The Labute approximate surface area is 148 Å². The number of hydrogen-bond acceptors (Lipinski definition) is 5. The smallest absolute Gasteiger partial charge is 0.321 e. The predicted octanol–water partition coefficient (Wildman–Crippen LogP) is 2.01. The fourth-order valence-electron chi connectivity index (χ4n) is 2.23. The largest absolute Gasteiger partial charge is 0.465 e. The number of nitrogens with one attached hydrogen (secondary N) is 1. The highest BCUT2D eigenvalue weighted by atomic mass is 32.2. The van der Waals surface area contributed by atoms with Gasteiger partial charge in [-0.1, -0.05) is 39.0 Å². The SMILES string of the molecule is CCOC(=O)CNS(=O)(=O)c1cn(-c2ccccc2)nc1C(C)(C)C. The fourth-order valence-corrected chi connectivity index (χ4v) is 3.53. The van der Waals surface area contributed by atoms with E-state index in [1.54, 1.807) is 6.92 Å². The first kappa shape index (κ1) is 19.1. The molecular formula is C17H23N3O4S. The average molecular weight is 365 g/mol. The van der Waals surface area contributed by atoms with Gasteiger partial charge in [-0.2, -0.15) is 9.82 Å². The molecule has 25 heavy (non-hydrogen) atoms. The maximum absolute atomic E-state index is 12.7. The summed E-state index contributed by atoms with van der Waals surface area (Å²) in [5.74, 6) is -0.626. The highest BCUT2D eigenvalue weighted by molar-refractivity contribution is 7.89. The molecule has 0 atom stereocenters. The van der Waals surface area contributed by atoms with Crippen molar-refractivity contribution < 1.29 is 17.9 Å². The molecule has 0 fully saturated rings. The number of benzene rings is 1. The van der Waals surface area contributed by atoms with Crippen LogP contribution in [0.15, 0.2) is 41.4 Å². The van der Waals surface area contributed by atoms with Gasteiger partial charge in [-0.25, -0.2) is 13.1 Å². The second kappa shape index (κ2) is 7.37. The molecule has 1 heterocycles. The third-order valence-electron chi connectivity index (χ3n) is 3.41. The van der Waals surface area contributed by atoms with Gasteiger partial charge in [-0.3, -0.25) is 4.79 Å². The van der Waals surface area contributed by atoms with Crippen LogP contribution in [0, 0.1) is 0 Å². The quantitative estimate of drug-likeness (QED) is 0.791. The highest BCUT2D eigenvalue weighted by Gasteiger charge is 2.30. The monoisotopic (exact) mass is 365 g/mol. The molecule has 0 unspecified atom stereocenters. The maximum atomic E-state index is 12.7. The number of rotatable bonds is 6. The van der Waals surface area contributed by atoms with Gasteiger partial charge in [-0.15, -0.1) is 0 Å². The van der Waals surface area contributed by atoms with Gasteiger partial charge < -0.3 is 4.74 Å². The number of aromatic nitrogens is 2. The number of para-hydroxylation sites is 1. The van der Waals surface area contributed by atoms with Gasteiger partial charge in [0, 0.05) is 5.41 Å². The molecule has 0 spiro atoms. The van der Waals surface area contributed by atoms with E-state index in [0.717, 1.165) is 5.69 Å². The Bertz CT molecular complexity index is 837. The number of hydrogen-bond donors (Lipinski definition) is 1. The number of carbonyl (C=O) groups excluding carboxylic acids is 1. The molecule has 2 aromatic rings. The Morgan fingerprint density at radius 2 is 1.88 bits per heavy atom. The standard InChI is InChI=1S/C17H23N3O4S/c1-5-24-15(21)11-18-25(22,23)14-12-20(13-9-7-6-8-10-13)19-16(14)17(2,3)4/h6-10,12,18H,5,11H2,1-4H3. The van der Waals surface area contributed by atoms with Crippen molar-refractivity contribution in [3.05, 3.63) is 42.2 Å². The molecule has 2 rings (SSSR count). The van der Waals surface area contributed by atoms with Gasteiger partial charge in [0.15, 0.2) is 0 Å². The summed E-state index contributed by atoms with van der Waals surface area (Å²) >= 11 is 0. The Kier molecular flexibility index (Phi) is 5.64. The summed E-state index contributed by atoms with van der Waals surface area (Å²) in [5, 5.41) is 4.46. The highest BCUT2D eigenvalue weighted by Crippen LogP contribution is 2.28. The molecule has 1 aromatic carbocycles. The second-order valence-corrected chi connectivity index (χ2v) is 8.24. The van der Waals surface area contributed by atoms with E-state index >= 15 is 0 Å². The molecule has 0 radical (unpaired) electrons. The third-order valence-corrected chi connectivity index (χ3v) is 4.82.